The lowest BCUT2D eigenvalue weighted by Crippen LogP contribution is -2.16. The third-order valence-corrected chi connectivity index (χ3v) is 5.00. The molecule has 27 heavy (non-hydrogen) atoms. The lowest BCUT2D eigenvalue weighted by molar-refractivity contribution is -0.115. The van der Waals surface area contributed by atoms with Gasteiger partial charge >= 0.3 is 0 Å². The van der Waals surface area contributed by atoms with Crippen molar-refractivity contribution in [1.82, 2.24) is 19.7 Å². The van der Waals surface area contributed by atoms with Crippen molar-refractivity contribution in [2.45, 2.75) is 13.0 Å². The summed E-state index contributed by atoms with van der Waals surface area (Å²) in [7, 11) is 0. The molecule has 0 radical (unpaired) electrons. The van der Waals surface area contributed by atoms with Gasteiger partial charge in [0.15, 0.2) is 0 Å². The monoisotopic (exact) mass is 443 g/mol. The molecule has 0 aliphatic carbocycles. The first kappa shape index (κ1) is 17.6. The number of amides is 1. The minimum Gasteiger partial charge on any atom is -0.444 e. The number of rotatable bonds is 6. The molecular weight excluding hydrogens is 430 g/mol. The van der Waals surface area contributed by atoms with E-state index in [0.717, 1.165) is 14.9 Å². The second-order valence-electron chi connectivity index (χ2n) is 5.74. The number of oxazole rings is 1. The van der Waals surface area contributed by atoms with Crippen molar-refractivity contribution < 1.29 is 9.21 Å². The zero-order valence-electron chi connectivity index (χ0n) is 14.0. The first-order valence-corrected chi connectivity index (χ1v) is 9.75. The Morgan fingerprint density at radius 2 is 2.22 bits per heavy atom. The molecule has 0 unspecified atom stereocenters. The Morgan fingerprint density at radius 3 is 3.04 bits per heavy atom. The van der Waals surface area contributed by atoms with Gasteiger partial charge in [-0.2, -0.15) is 0 Å². The number of hydrogen-bond acceptors (Lipinski definition) is 6. The Hall–Kier alpha value is -2.78. The number of carbonyl (C=O) groups is 1. The summed E-state index contributed by atoms with van der Waals surface area (Å²) in [5, 5.41) is 8.91. The van der Waals surface area contributed by atoms with Gasteiger partial charge in [0.1, 0.15) is 12.6 Å². The molecular formula is C18H14BrN5O2S. The fourth-order valence-electron chi connectivity index (χ4n) is 2.49. The Bertz CT molecular complexity index is 1060. The van der Waals surface area contributed by atoms with Gasteiger partial charge in [-0.05, 0) is 29.1 Å². The number of anilines is 1. The highest BCUT2D eigenvalue weighted by Gasteiger charge is 2.13. The highest BCUT2D eigenvalue weighted by atomic mass is 79.9. The predicted octanol–water partition coefficient (Wildman–Crippen LogP) is 3.99. The quantitative estimate of drug-likeness (QED) is 0.486. The largest absolute Gasteiger partial charge is 0.444 e. The Morgan fingerprint density at radius 1 is 1.30 bits per heavy atom. The number of thiophene rings is 1. The van der Waals surface area contributed by atoms with E-state index in [2.05, 4.69) is 36.3 Å². The molecule has 4 rings (SSSR count). The summed E-state index contributed by atoms with van der Waals surface area (Å²) >= 11 is 4.98. The molecule has 0 saturated heterocycles. The fourth-order valence-corrected chi connectivity index (χ4v) is 3.59. The average molecular weight is 444 g/mol. The van der Waals surface area contributed by atoms with Gasteiger partial charge in [0.2, 0.25) is 17.7 Å². The normalized spacial score (nSPS) is 10.9. The lowest BCUT2D eigenvalue weighted by atomic mass is 10.2. The zero-order valence-corrected chi connectivity index (χ0v) is 16.4. The van der Waals surface area contributed by atoms with E-state index < -0.39 is 0 Å². The van der Waals surface area contributed by atoms with E-state index in [1.54, 1.807) is 11.0 Å². The third-order valence-electron chi connectivity index (χ3n) is 3.65. The molecule has 0 saturated carbocycles. The molecule has 1 N–H and O–H groups in total. The van der Waals surface area contributed by atoms with Crippen molar-refractivity contribution in [3.63, 3.8) is 0 Å². The number of nitrogens with one attached hydrogen (secondary N) is 1. The van der Waals surface area contributed by atoms with Gasteiger partial charge in [-0.1, -0.05) is 34.1 Å². The molecule has 136 valence electrons. The average Bonchev–Trinajstić information content (AvgIpc) is 3.36. The van der Waals surface area contributed by atoms with E-state index in [1.165, 1.54) is 17.6 Å². The van der Waals surface area contributed by atoms with E-state index in [1.807, 2.05) is 41.8 Å². The van der Waals surface area contributed by atoms with Crippen LogP contribution in [-0.2, 0) is 17.8 Å². The third kappa shape index (κ3) is 4.50. The number of nitrogens with zero attached hydrogens (tertiary/aromatic N) is 4. The van der Waals surface area contributed by atoms with Crippen molar-refractivity contribution >= 4 is 39.1 Å². The highest BCUT2D eigenvalue weighted by Crippen LogP contribution is 2.23. The van der Waals surface area contributed by atoms with Crippen LogP contribution in [0.25, 0.3) is 10.8 Å². The van der Waals surface area contributed by atoms with Crippen LogP contribution < -0.4 is 5.32 Å². The second kappa shape index (κ2) is 7.85. The molecule has 3 aromatic heterocycles. The first-order valence-electron chi connectivity index (χ1n) is 8.08. The molecule has 0 fully saturated rings. The second-order valence-corrected chi connectivity index (χ2v) is 7.61. The van der Waals surface area contributed by atoms with Gasteiger partial charge < -0.3 is 4.42 Å². The van der Waals surface area contributed by atoms with Crippen LogP contribution >= 0.6 is 27.3 Å². The van der Waals surface area contributed by atoms with Gasteiger partial charge in [-0.25, -0.2) is 14.6 Å². The molecule has 0 bridgehead atoms. The van der Waals surface area contributed by atoms with E-state index in [-0.39, 0.29) is 18.3 Å². The topological polar surface area (TPSA) is 85.8 Å². The van der Waals surface area contributed by atoms with Crippen LogP contribution in [0.2, 0.25) is 0 Å². The van der Waals surface area contributed by atoms with Crippen molar-refractivity contribution in [3.8, 4) is 10.8 Å². The summed E-state index contributed by atoms with van der Waals surface area (Å²) in [6.45, 7) is 0.565. The number of aromatic nitrogens is 4. The maximum absolute atomic E-state index is 12.2. The summed E-state index contributed by atoms with van der Waals surface area (Å²) in [6, 6.07) is 11.8. The van der Waals surface area contributed by atoms with Gasteiger partial charge in [-0.15, -0.1) is 16.4 Å². The van der Waals surface area contributed by atoms with Crippen LogP contribution in [0.3, 0.4) is 0 Å². The molecule has 9 heteroatoms. The Labute approximate surface area is 167 Å². The number of halogens is 1. The zero-order chi connectivity index (χ0) is 18.6. The van der Waals surface area contributed by atoms with Crippen LogP contribution in [0.1, 0.15) is 11.3 Å². The Kier molecular flexibility index (Phi) is 5.12. The number of hydrogen-bond donors (Lipinski definition) is 1. The van der Waals surface area contributed by atoms with Gasteiger partial charge in [0, 0.05) is 4.47 Å². The number of benzene rings is 1. The molecule has 1 amide bonds. The van der Waals surface area contributed by atoms with Crippen LogP contribution in [0.15, 0.2) is 63.3 Å². The standard InChI is InChI=1S/C18H14BrN5O2S/c19-13-4-1-3-12(7-13)9-24-11-20-18(23-24)22-16(25)8-14-10-26-17(21-14)15-5-2-6-27-15/h1-7,10-11H,8-9H2,(H,22,23,25). The molecule has 0 aliphatic heterocycles. The van der Waals surface area contributed by atoms with Gasteiger partial charge in [0.05, 0.1) is 23.5 Å². The molecule has 7 nitrogen and oxygen atoms in total. The van der Waals surface area contributed by atoms with E-state index in [9.17, 15) is 4.79 Å². The smallest absolute Gasteiger partial charge is 0.248 e. The van der Waals surface area contributed by atoms with E-state index in [4.69, 9.17) is 4.42 Å². The minimum absolute atomic E-state index is 0.0923. The van der Waals surface area contributed by atoms with Crippen molar-refractivity contribution in [2.75, 3.05) is 5.32 Å². The van der Waals surface area contributed by atoms with Crippen LogP contribution in [0.4, 0.5) is 5.95 Å². The molecule has 3 heterocycles. The maximum Gasteiger partial charge on any atom is 0.248 e. The maximum atomic E-state index is 12.2. The SMILES string of the molecule is O=C(Cc1coc(-c2cccs2)n1)Nc1ncn(Cc2cccc(Br)c2)n1. The van der Waals surface area contributed by atoms with Crippen LogP contribution in [0.5, 0.6) is 0 Å². The molecule has 0 atom stereocenters. The van der Waals surface area contributed by atoms with Crippen LogP contribution in [-0.4, -0.2) is 25.7 Å². The van der Waals surface area contributed by atoms with Crippen molar-refractivity contribution in [1.29, 1.82) is 0 Å². The van der Waals surface area contributed by atoms with Crippen LogP contribution in [0, 0.1) is 0 Å². The molecule has 4 aromatic rings. The first-order chi connectivity index (χ1) is 13.2. The number of carbonyl (C=O) groups excluding carboxylic acids is 1. The fraction of sp³-hybridized carbons (Fsp3) is 0.111. The van der Waals surface area contributed by atoms with Crippen molar-refractivity contribution in [3.05, 3.63) is 70.1 Å². The van der Waals surface area contributed by atoms with E-state index in [0.29, 0.717) is 18.1 Å². The lowest BCUT2D eigenvalue weighted by Gasteiger charge is -2.01. The van der Waals surface area contributed by atoms with Gasteiger partial charge in [-0.3, -0.25) is 10.1 Å². The molecule has 0 aliphatic rings. The van der Waals surface area contributed by atoms with Gasteiger partial charge in [0.25, 0.3) is 0 Å². The predicted molar refractivity (Wildman–Crippen MR) is 105 cm³/mol. The Balaban J connectivity index is 1.35. The summed E-state index contributed by atoms with van der Waals surface area (Å²) < 4.78 is 8.09. The summed E-state index contributed by atoms with van der Waals surface area (Å²) in [5.74, 6) is 0.530. The summed E-state index contributed by atoms with van der Waals surface area (Å²) in [5.41, 5.74) is 1.64. The molecule has 0 spiro atoms. The minimum atomic E-state index is -0.249. The van der Waals surface area contributed by atoms with Crippen molar-refractivity contribution in [2.24, 2.45) is 0 Å². The van der Waals surface area contributed by atoms with E-state index >= 15 is 0 Å². The molecule has 1 aromatic carbocycles. The summed E-state index contributed by atoms with van der Waals surface area (Å²) in [6.07, 6.45) is 3.17. The highest BCUT2D eigenvalue weighted by molar-refractivity contribution is 9.10. The summed E-state index contributed by atoms with van der Waals surface area (Å²) in [4.78, 5) is 21.6.